The lowest BCUT2D eigenvalue weighted by atomic mass is 9.57. The van der Waals surface area contributed by atoms with Gasteiger partial charge in [-0.1, -0.05) is 39.7 Å². The van der Waals surface area contributed by atoms with Gasteiger partial charge >= 0.3 is 0 Å². The number of ether oxygens (including phenoxy) is 2. The fourth-order valence-electron chi connectivity index (χ4n) is 6.57. The molecule has 0 saturated heterocycles. The Morgan fingerprint density at radius 2 is 1.75 bits per heavy atom. The van der Waals surface area contributed by atoms with Crippen molar-refractivity contribution in [1.29, 1.82) is 0 Å². The molecular formula is C26H40O2. The lowest BCUT2D eigenvalue weighted by Gasteiger charge is -2.48. The van der Waals surface area contributed by atoms with Crippen LogP contribution >= 0.6 is 0 Å². The first-order valence-corrected chi connectivity index (χ1v) is 12.1. The SMILES string of the molecule is CCCCOc1ccc2c(c1)CCC1C3CC[C@H](OCCCC)C3C[C@H](C)C21. The Labute approximate surface area is 172 Å². The molecule has 3 aliphatic rings. The number of unbranched alkanes of at least 4 members (excludes halogenated alkanes) is 2. The van der Waals surface area contributed by atoms with Crippen LogP contribution in [0.1, 0.15) is 89.2 Å². The molecule has 0 radical (unpaired) electrons. The van der Waals surface area contributed by atoms with Crippen LogP contribution in [0.15, 0.2) is 18.2 Å². The van der Waals surface area contributed by atoms with Gasteiger partial charge in [0.05, 0.1) is 12.7 Å². The van der Waals surface area contributed by atoms with Crippen LogP contribution in [0.3, 0.4) is 0 Å². The van der Waals surface area contributed by atoms with Gasteiger partial charge in [0.15, 0.2) is 0 Å². The van der Waals surface area contributed by atoms with Crippen molar-refractivity contribution in [2.45, 2.75) is 90.6 Å². The smallest absolute Gasteiger partial charge is 0.119 e. The molecule has 0 spiro atoms. The number of fused-ring (bicyclic) bond motifs is 5. The average Bonchev–Trinajstić information content (AvgIpc) is 3.10. The molecule has 0 heterocycles. The minimum absolute atomic E-state index is 0.538. The molecule has 2 nitrogen and oxygen atoms in total. The maximum atomic E-state index is 6.36. The van der Waals surface area contributed by atoms with E-state index < -0.39 is 0 Å². The van der Waals surface area contributed by atoms with Crippen molar-refractivity contribution >= 4 is 0 Å². The third-order valence-electron chi connectivity index (χ3n) is 7.90. The summed E-state index contributed by atoms with van der Waals surface area (Å²) in [4.78, 5) is 0. The van der Waals surface area contributed by atoms with Gasteiger partial charge in [-0.2, -0.15) is 0 Å². The van der Waals surface area contributed by atoms with Gasteiger partial charge in [0.1, 0.15) is 5.75 Å². The summed E-state index contributed by atoms with van der Waals surface area (Å²) in [7, 11) is 0. The standard InChI is InChI=1S/C26H40O2/c1-4-6-14-27-20-9-11-21-19(17-20)8-10-23-22-12-13-25(28-15-7-5-2)24(22)16-18(3)26(21)23/h9,11,17-18,22-26H,4-8,10,12-16H2,1-3H3/t18-,22?,23?,24?,25-,26?/m0/s1. The highest BCUT2D eigenvalue weighted by molar-refractivity contribution is 5.41. The van der Waals surface area contributed by atoms with Gasteiger partial charge in [0.25, 0.3) is 0 Å². The Hall–Kier alpha value is -1.02. The van der Waals surface area contributed by atoms with E-state index in [1.165, 1.54) is 51.4 Å². The second-order valence-corrected chi connectivity index (χ2v) is 9.67. The summed E-state index contributed by atoms with van der Waals surface area (Å²) in [6.07, 6.45) is 12.0. The van der Waals surface area contributed by atoms with Crippen molar-refractivity contribution in [3.05, 3.63) is 29.3 Å². The first-order chi connectivity index (χ1) is 13.7. The topological polar surface area (TPSA) is 18.5 Å². The van der Waals surface area contributed by atoms with Gasteiger partial charge < -0.3 is 9.47 Å². The molecule has 0 bridgehead atoms. The maximum absolute atomic E-state index is 6.36. The summed E-state index contributed by atoms with van der Waals surface area (Å²) in [5, 5.41) is 0. The first kappa shape index (κ1) is 20.3. The van der Waals surface area contributed by atoms with Crippen molar-refractivity contribution in [1.82, 2.24) is 0 Å². The molecule has 6 atom stereocenters. The molecule has 2 heteroatoms. The predicted molar refractivity (Wildman–Crippen MR) is 116 cm³/mol. The van der Waals surface area contributed by atoms with Gasteiger partial charge in [-0.05, 0) is 97.8 Å². The maximum Gasteiger partial charge on any atom is 0.119 e. The lowest BCUT2D eigenvalue weighted by molar-refractivity contribution is -0.0184. The highest BCUT2D eigenvalue weighted by atomic mass is 16.5. The minimum atomic E-state index is 0.538. The fourth-order valence-corrected chi connectivity index (χ4v) is 6.57. The Morgan fingerprint density at radius 3 is 2.57 bits per heavy atom. The second-order valence-electron chi connectivity index (χ2n) is 9.67. The lowest BCUT2D eigenvalue weighted by Crippen LogP contribution is -2.41. The van der Waals surface area contributed by atoms with E-state index in [0.717, 1.165) is 55.0 Å². The average molecular weight is 385 g/mol. The van der Waals surface area contributed by atoms with Gasteiger partial charge in [-0.3, -0.25) is 0 Å². The summed E-state index contributed by atoms with van der Waals surface area (Å²) < 4.78 is 12.3. The molecule has 0 N–H and O–H groups in total. The fraction of sp³-hybridized carbons (Fsp3) is 0.769. The first-order valence-electron chi connectivity index (χ1n) is 12.1. The molecule has 2 saturated carbocycles. The number of hydrogen-bond donors (Lipinski definition) is 0. The number of benzene rings is 1. The highest BCUT2D eigenvalue weighted by Gasteiger charge is 2.50. The van der Waals surface area contributed by atoms with Crippen molar-refractivity contribution < 1.29 is 9.47 Å². The third-order valence-corrected chi connectivity index (χ3v) is 7.90. The van der Waals surface area contributed by atoms with E-state index in [0.29, 0.717) is 6.10 Å². The molecule has 4 rings (SSSR count). The van der Waals surface area contributed by atoms with E-state index in [1.54, 1.807) is 11.1 Å². The number of rotatable bonds is 8. The molecule has 2 fully saturated rings. The zero-order valence-corrected chi connectivity index (χ0v) is 18.3. The monoisotopic (exact) mass is 384 g/mol. The number of hydrogen-bond acceptors (Lipinski definition) is 2. The second kappa shape index (κ2) is 9.20. The Balaban J connectivity index is 1.47. The van der Waals surface area contributed by atoms with Crippen molar-refractivity contribution in [2.24, 2.45) is 23.7 Å². The van der Waals surface area contributed by atoms with Crippen LogP contribution in [0.2, 0.25) is 0 Å². The molecule has 0 aliphatic heterocycles. The van der Waals surface area contributed by atoms with Crippen molar-refractivity contribution in [3.63, 3.8) is 0 Å². The van der Waals surface area contributed by atoms with Crippen LogP contribution in [-0.2, 0) is 11.2 Å². The summed E-state index contributed by atoms with van der Waals surface area (Å²) in [5.74, 6) is 5.18. The Morgan fingerprint density at radius 1 is 0.929 bits per heavy atom. The predicted octanol–water partition coefficient (Wildman–Crippen LogP) is 6.76. The molecule has 1 aromatic carbocycles. The van der Waals surface area contributed by atoms with Crippen LogP contribution in [-0.4, -0.2) is 19.3 Å². The summed E-state index contributed by atoms with van der Waals surface area (Å²) >= 11 is 0. The highest BCUT2D eigenvalue weighted by Crippen LogP contribution is 2.57. The van der Waals surface area contributed by atoms with E-state index in [-0.39, 0.29) is 0 Å². The Kier molecular flexibility index (Phi) is 6.66. The molecule has 28 heavy (non-hydrogen) atoms. The van der Waals surface area contributed by atoms with Crippen LogP contribution < -0.4 is 4.74 Å². The normalized spacial score (nSPS) is 33.8. The van der Waals surface area contributed by atoms with E-state index in [9.17, 15) is 0 Å². The van der Waals surface area contributed by atoms with Crippen LogP contribution in [0.5, 0.6) is 5.75 Å². The molecule has 0 amide bonds. The molecule has 1 aromatic rings. The van der Waals surface area contributed by atoms with Gasteiger partial charge in [-0.25, -0.2) is 0 Å². The van der Waals surface area contributed by atoms with E-state index in [1.807, 2.05) is 0 Å². The van der Waals surface area contributed by atoms with Crippen molar-refractivity contribution in [3.8, 4) is 5.75 Å². The number of aryl methyl sites for hydroxylation is 1. The van der Waals surface area contributed by atoms with E-state index >= 15 is 0 Å². The van der Waals surface area contributed by atoms with Gasteiger partial charge in [-0.15, -0.1) is 0 Å². The van der Waals surface area contributed by atoms with Crippen LogP contribution in [0.25, 0.3) is 0 Å². The van der Waals surface area contributed by atoms with E-state index in [2.05, 4.69) is 39.0 Å². The summed E-state index contributed by atoms with van der Waals surface area (Å²) in [5.41, 5.74) is 3.20. The quantitative estimate of drug-likeness (QED) is 0.461. The molecule has 156 valence electrons. The zero-order chi connectivity index (χ0) is 19.5. The molecule has 4 unspecified atom stereocenters. The van der Waals surface area contributed by atoms with Gasteiger partial charge in [0, 0.05) is 6.61 Å². The molecule has 0 aromatic heterocycles. The Bertz CT molecular complexity index is 639. The van der Waals surface area contributed by atoms with E-state index in [4.69, 9.17) is 9.47 Å². The minimum Gasteiger partial charge on any atom is -0.494 e. The summed E-state index contributed by atoms with van der Waals surface area (Å²) in [6.45, 7) is 8.80. The van der Waals surface area contributed by atoms with Crippen LogP contribution in [0, 0.1) is 23.7 Å². The largest absolute Gasteiger partial charge is 0.494 e. The van der Waals surface area contributed by atoms with Gasteiger partial charge in [0.2, 0.25) is 0 Å². The third kappa shape index (κ3) is 3.99. The van der Waals surface area contributed by atoms with Crippen molar-refractivity contribution in [2.75, 3.05) is 13.2 Å². The zero-order valence-electron chi connectivity index (χ0n) is 18.3. The molecular weight excluding hydrogens is 344 g/mol. The van der Waals surface area contributed by atoms with Crippen LogP contribution in [0.4, 0.5) is 0 Å². The molecule has 3 aliphatic carbocycles. The summed E-state index contributed by atoms with van der Waals surface area (Å²) in [6, 6.07) is 7.00.